The number of nitro groups is 1. The molecule has 9 nitrogen and oxygen atoms in total. The van der Waals surface area contributed by atoms with Crippen LogP contribution in [0.1, 0.15) is 16.1 Å². The van der Waals surface area contributed by atoms with Crippen LogP contribution in [0.2, 0.25) is 0 Å². The zero-order valence-corrected chi connectivity index (χ0v) is 13.9. The summed E-state index contributed by atoms with van der Waals surface area (Å²) in [6, 6.07) is 5.91. The molecule has 0 aliphatic heterocycles. The van der Waals surface area contributed by atoms with Crippen molar-refractivity contribution in [1.82, 2.24) is 4.57 Å². The second-order valence-electron chi connectivity index (χ2n) is 5.22. The second-order valence-corrected chi connectivity index (χ2v) is 5.22. The Bertz CT molecular complexity index is 827. The fraction of sp³-hybridized carbons (Fsp3) is 0.250. The Morgan fingerprint density at radius 1 is 1.36 bits per heavy atom. The zero-order valence-electron chi connectivity index (χ0n) is 13.9. The van der Waals surface area contributed by atoms with Crippen molar-refractivity contribution >= 4 is 23.3 Å². The van der Waals surface area contributed by atoms with Crippen molar-refractivity contribution in [2.24, 2.45) is 7.05 Å². The minimum atomic E-state index is -0.624. The number of hydrogen-bond donors (Lipinski definition) is 1. The van der Waals surface area contributed by atoms with E-state index in [0.29, 0.717) is 16.9 Å². The first-order chi connectivity index (χ1) is 11.8. The number of methoxy groups -OCH3 is 1. The average Bonchev–Trinajstić information content (AvgIpc) is 3.00. The Labute approximate surface area is 143 Å². The van der Waals surface area contributed by atoms with Gasteiger partial charge in [-0.1, -0.05) is 0 Å². The van der Waals surface area contributed by atoms with Gasteiger partial charge in [-0.05, 0) is 24.6 Å². The van der Waals surface area contributed by atoms with Crippen LogP contribution in [-0.2, 0) is 16.6 Å². The smallest absolute Gasteiger partial charge is 0.355 e. The van der Waals surface area contributed by atoms with Gasteiger partial charge in [-0.2, -0.15) is 0 Å². The van der Waals surface area contributed by atoms with Crippen molar-refractivity contribution in [1.29, 1.82) is 0 Å². The molecule has 0 saturated carbocycles. The maximum absolute atomic E-state index is 12.0. The molecule has 25 heavy (non-hydrogen) atoms. The van der Waals surface area contributed by atoms with E-state index < -0.39 is 23.4 Å². The lowest BCUT2D eigenvalue weighted by atomic mass is 10.1. The van der Waals surface area contributed by atoms with E-state index in [0.717, 1.165) is 0 Å². The lowest BCUT2D eigenvalue weighted by molar-refractivity contribution is -0.385. The molecule has 0 unspecified atom stereocenters. The molecule has 0 radical (unpaired) electrons. The third-order valence-electron chi connectivity index (χ3n) is 3.48. The lowest BCUT2D eigenvalue weighted by Crippen LogP contribution is -2.22. The van der Waals surface area contributed by atoms with Crippen LogP contribution < -0.4 is 10.1 Å². The summed E-state index contributed by atoms with van der Waals surface area (Å²) in [5, 5.41) is 13.5. The molecule has 1 aromatic carbocycles. The highest BCUT2D eigenvalue weighted by atomic mass is 16.6. The number of hydrogen-bond acceptors (Lipinski definition) is 6. The van der Waals surface area contributed by atoms with E-state index in [-0.39, 0.29) is 11.4 Å². The van der Waals surface area contributed by atoms with Crippen molar-refractivity contribution in [2.75, 3.05) is 19.0 Å². The maximum Gasteiger partial charge on any atom is 0.355 e. The Balaban J connectivity index is 2.04. The van der Waals surface area contributed by atoms with E-state index in [1.54, 1.807) is 36.9 Å². The molecule has 1 heterocycles. The monoisotopic (exact) mass is 347 g/mol. The largest absolute Gasteiger partial charge is 0.490 e. The van der Waals surface area contributed by atoms with Crippen LogP contribution in [0.5, 0.6) is 5.75 Å². The van der Waals surface area contributed by atoms with Gasteiger partial charge in [0.15, 0.2) is 12.4 Å². The first kappa shape index (κ1) is 18.0. The van der Waals surface area contributed by atoms with E-state index in [4.69, 9.17) is 9.47 Å². The van der Waals surface area contributed by atoms with Gasteiger partial charge in [-0.15, -0.1) is 0 Å². The van der Waals surface area contributed by atoms with Gasteiger partial charge >= 0.3 is 11.7 Å². The lowest BCUT2D eigenvalue weighted by Gasteiger charge is -2.11. The third-order valence-corrected chi connectivity index (χ3v) is 3.48. The topological polar surface area (TPSA) is 113 Å². The normalized spacial score (nSPS) is 10.2. The van der Waals surface area contributed by atoms with E-state index in [2.05, 4.69) is 5.32 Å². The Hall–Kier alpha value is -3.36. The van der Waals surface area contributed by atoms with Crippen molar-refractivity contribution in [3.05, 3.63) is 51.8 Å². The predicted molar refractivity (Wildman–Crippen MR) is 88.7 cm³/mol. The highest BCUT2D eigenvalue weighted by Gasteiger charge is 2.19. The summed E-state index contributed by atoms with van der Waals surface area (Å²) in [6.45, 7) is 1.13. The Morgan fingerprint density at radius 3 is 2.64 bits per heavy atom. The third kappa shape index (κ3) is 4.14. The summed E-state index contributed by atoms with van der Waals surface area (Å²) >= 11 is 0. The number of carbonyl (C=O) groups is 2. The number of carbonyl (C=O) groups excluding carboxylic acids is 2. The van der Waals surface area contributed by atoms with Crippen LogP contribution in [0, 0.1) is 17.0 Å². The number of amides is 1. The highest BCUT2D eigenvalue weighted by molar-refractivity contribution is 5.95. The first-order valence-electron chi connectivity index (χ1n) is 7.24. The number of benzene rings is 1. The molecule has 1 amide bonds. The van der Waals surface area contributed by atoms with Crippen molar-refractivity contribution < 1.29 is 24.0 Å². The summed E-state index contributed by atoms with van der Waals surface area (Å²) in [5.74, 6) is -1.17. The highest BCUT2D eigenvalue weighted by Crippen LogP contribution is 2.32. The number of rotatable bonds is 6. The van der Waals surface area contributed by atoms with Crippen LogP contribution in [0.4, 0.5) is 11.4 Å². The fourth-order valence-electron chi connectivity index (χ4n) is 2.18. The number of anilines is 1. The summed E-state index contributed by atoms with van der Waals surface area (Å²) < 4.78 is 11.5. The molecule has 1 N–H and O–H groups in total. The number of aromatic nitrogens is 1. The maximum atomic E-state index is 12.0. The molecule has 0 bridgehead atoms. The van der Waals surface area contributed by atoms with Crippen LogP contribution in [0.3, 0.4) is 0 Å². The SMILES string of the molecule is COc1cc(NC(=O)COC(=O)c2cccn2C)c(C)cc1[N+](=O)[O-]. The molecular formula is C16H17N3O6. The van der Waals surface area contributed by atoms with Crippen molar-refractivity contribution in [3.8, 4) is 5.75 Å². The van der Waals surface area contributed by atoms with Crippen molar-refractivity contribution in [2.45, 2.75) is 6.92 Å². The molecule has 0 atom stereocenters. The summed E-state index contributed by atoms with van der Waals surface area (Å²) in [7, 11) is 2.98. The van der Waals surface area contributed by atoms with E-state index in [9.17, 15) is 19.7 Å². The minimum absolute atomic E-state index is 0.0201. The number of esters is 1. The van der Waals surface area contributed by atoms with Crippen LogP contribution in [0.15, 0.2) is 30.5 Å². The number of ether oxygens (including phenoxy) is 2. The number of nitrogens with zero attached hydrogens (tertiary/aromatic N) is 2. The number of aryl methyl sites for hydroxylation is 2. The van der Waals surface area contributed by atoms with Gasteiger partial charge in [-0.25, -0.2) is 4.79 Å². The summed E-state index contributed by atoms with van der Waals surface area (Å²) in [6.07, 6.45) is 1.68. The molecule has 0 spiro atoms. The fourth-order valence-corrected chi connectivity index (χ4v) is 2.18. The van der Waals surface area contributed by atoms with Gasteiger partial charge in [-0.3, -0.25) is 14.9 Å². The summed E-state index contributed by atoms with van der Waals surface area (Å²) in [5.41, 5.74) is 0.936. The zero-order chi connectivity index (χ0) is 18.6. The molecule has 0 fully saturated rings. The van der Waals surface area contributed by atoms with Gasteiger partial charge in [0.25, 0.3) is 5.91 Å². The minimum Gasteiger partial charge on any atom is -0.490 e. The summed E-state index contributed by atoms with van der Waals surface area (Å²) in [4.78, 5) is 34.2. The Morgan fingerprint density at radius 2 is 2.08 bits per heavy atom. The molecule has 2 aromatic rings. The van der Waals surface area contributed by atoms with Gasteiger partial charge in [0.1, 0.15) is 5.69 Å². The van der Waals surface area contributed by atoms with E-state index in [1.807, 2.05) is 0 Å². The predicted octanol–water partition coefficient (Wildman–Crippen LogP) is 2.05. The van der Waals surface area contributed by atoms with Crippen LogP contribution >= 0.6 is 0 Å². The number of nitrogens with one attached hydrogen (secondary N) is 1. The van der Waals surface area contributed by atoms with Gasteiger partial charge in [0.2, 0.25) is 0 Å². The molecule has 2 rings (SSSR count). The average molecular weight is 347 g/mol. The molecular weight excluding hydrogens is 330 g/mol. The van der Waals surface area contributed by atoms with E-state index >= 15 is 0 Å². The first-order valence-corrected chi connectivity index (χ1v) is 7.24. The molecule has 9 heteroatoms. The molecule has 0 aliphatic rings. The van der Waals surface area contributed by atoms with Gasteiger partial charge < -0.3 is 19.4 Å². The molecule has 1 aromatic heterocycles. The second kappa shape index (κ2) is 7.47. The van der Waals surface area contributed by atoms with Crippen LogP contribution in [0.25, 0.3) is 0 Å². The Kier molecular flexibility index (Phi) is 5.38. The van der Waals surface area contributed by atoms with E-state index in [1.165, 1.54) is 19.2 Å². The molecule has 0 aliphatic carbocycles. The quantitative estimate of drug-likeness (QED) is 0.486. The van der Waals surface area contributed by atoms with Gasteiger partial charge in [0.05, 0.1) is 12.0 Å². The van der Waals surface area contributed by atoms with Crippen molar-refractivity contribution in [3.63, 3.8) is 0 Å². The molecule has 132 valence electrons. The van der Waals surface area contributed by atoms with Crippen LogP contribution in [-0.4, -0.2) is 35.1 Å². The molecule has 0 saturated heterocycles. The van der Waals surface area contributed by atoms with Gasteiger partial charge in [0, 0.05) is 31.1 Å². The standard InChI is InChI=1S/C16H17N3O6/c1-10-7-13(19(22)23)14(24-3)8-11(10)17-15(20)9-25-16(21)12-5-4-6-18(12)2/h4-8H,9H2,1-3H3,(H,17,20). The number of nitro benzene ring substituents is 1.